The molecule has 13 rings (SSSR count). The smallest absolute Gasteiger partial charge is 0.319 e. The van der Waals surface area contributed by atoms with Gasteiger partial charge in [0.15, 0.2) is 5.78 Å². The van der Waals surface area contributed by atoms with E-state index in [0.717, 1.165) is 125 Å². The summed E-state index contributed by atoms with van der Waals surface area (Å²) in [5, 5.41) is 22.0. The number of carboxylic acid groups (broad SMARTS) is 2. The van der Waals surface area contributed by atoms with Gasteiger partial charge in [0.25, 0.3) is 0 Å². The number of carboxylic acids is 2. The van der Waals surface area contributed by atoms with Crippen molar-refractivity contribution in [2.24, 2.45) is 32.8 Å². The van der Waals surface area contributed by atoms with Gasteiger partial charge >= 0.3 is 35.8 Å². The Morgan fingerprint density at radius 3 is 1.33 bits per heavy atom. The minimum atomic E-state index is -0.912. The lowest BCUT2D eigenvalue weighted by Crippen LogP contribution is -2.34. The molecule has 0 amide bonds. The fourth-order valence-electron chi connectivity index (χ4n) is 15.0. The summed E-state index contributed by atoms with van der Waals surface area (Å²) < 4.78 is 43.9. The fraction of sp³-hybridized carbons (Fsp3) is 0.421. The lowest BCUT2D eigenvalue weighted by molar-refractivity contribution is -0.172. The summed E-state index contributed by atoms with van der Waals surface area (Å²) in [7, 11) is 6.56. The molecule has 6 N–H and O–H groups in total. The molecule has 31 heteroatoms. The van der Waals surface area contributed by atoms with Crippen LogP contribution in [0, 0.1) is 27.1 Å². The van der Waals surface area contributed by atoms with Gasteiger partial charge in [-0.2, -0.15) is 0 Å². The molecular formula is C107H133Br5ClN9O16. The fourth-order valence-corrected chi connectivity index (χ4v) is 16.9. The van der Waals surface area contributed by atoms with Crippen molar-refractivity contribution < 1.29 is 76.9 Å². The zero-order valence-corrected chi connectivity index (χ0v) is 92.0. The summed E-state index contributed by atoms with van der Waals surface area (Å²) in [5.74, 6) is -2.65. The van der Waals surface area contributed by atoms with E-state index in [9.17, 15) is 38.7 Å². The molecule has 138 heavy (non-hydrogen) atoms. The number of pyridine rings is 5. The third-order valence-corrected chi connectivity index (χ3v) is 26.6. The second-order valence-corrected chi connectivity index (χ2v) is 41.0. The number of fused-ring (bicyclic) bond motifs is 3. The van der Waals surface area contributed by atoms with Gasteiger partial charge in [-0.1, -0.05) is 89.7 Å². The zero-order valence-electron chi connectivity index (χ0n) is 83.2. The summed E-state index contributed by atoms with van der Waals surface area (Å²) in [6, 6.07) is 45.8. The highest BCUT2D eigenvalue weighted by molar-refractivity contribution is 9.11. The number of hydrogen-bond donors (Lipinski definition) is 5. The van der Waals surface area contributed by atoms with Crippen molar-refractivity contribution in [3.05, 3.63) is 249 Å². The number of benzene rings is 4. The number of nitrogens with one attached hydrogen (secondary N) is 2. The molecule has 12 aromatic rings. The molecule has 1 aliphatic heterocycles. The Labute approximate surface area is 859 Å². The minimum Gasteiger partial charge on any atom is -0.481 e. The third-order valence-electron chi connectivity index (χ3n) is 24.0. The van der Waals surface area contributed by atoms with Crippen LogP contribution >= 0.6 is 92.1 Å². The van der Waals surface area contributed by atoms with Gasteiger partial charge in [0.2, 0.25) is 0 Å². The average Bonchev–Trinajstić information content (AvgIpc) is 1.59. The standard InChI is InChI=1S/C26H33BrN2O2.C23H27BrN2O3.C21H23BrN2O3.C15H21NO4.C8H10BrNO.C7H8BrN.C7H10O3.ClH/c1-7-17(4)23-19(11-10-14-28-23)24-21(16-26(5,6)25(30)31-9-3)20-15-18(27)12-13-22(20)29(24)8-2;1-6-29-22(27)23(3,4)13-18-17-12-15(24)9-10-19(17)26-21(18)16-8-7-11-25-20(16)14(2)28-5;1-12(27-4)18-14(6-5-9-23-18)19-16(11-21(2,3)20(25)26)15-10-13(22)7-8-17(15)24-19;1-10(20-4)13-11(6-5-9-16-13)12(17)7-8-15(2,3)14(18)19;1-6(11-2)8-7(9)4-3-5-10-8;8-7-3-1-6(5-9)2-4-7;1-7(2)4-3-5(8)10-6(7)9;/h10-15,17H,7-9,16H2,1-6H3;7-12,14,26H,6,13H2,1-5H3;5-10,12,24H,11H2,1-4H3,(H,25,26);5-6,9-10H,7-8H2,1-4H3,(H,18,19);3-6H,1-2H3;1-4H,5,9H2;3-4H2,1-2H3;1H/t17-;14-;12-;10-;6-;;;/m10000.../s1. The Hall–Kier alpha value is -9.57. The van der Waals surface area contributed by atoms with Crippen LogP contribution in [0.3, 0.4) is 0 Å². The number of halogens is 6. The summed E-state index contributed by atoms with van der Waals surface area (Å²) in [5.41, 5.74) is 20.2. The van der Waals surface area contributed by atoms with Gasteiger partial charge in [-0.3, -0.25) is 58.5 Å². The minimum absolute atomic E-state index is 0. The van der Waals surface area contributed by atoms with Crippen LogP contribution in [0.4, 0.5) is 0 Å². The topological polar surface area (TPSA) is 352 Å². The van der Waals surface area contributed by atoms with Crippen molar-refractivity contribution >= 4 is 166 Å². The van der Waals surface area contributed by atoms with Crippen molar-refractivity contribution in [1.29, 1.82) is 0 Å². The number of hydrogen-bond acceptors (Lipinski definition) is 20. The van der Waals surface area contributed by atoms with Crippen LogP contribution in [0.1, 0.15) is 255 Å². The number of rotatable bonds is 31. The highest BCUT2D eigenvalue weighted by atomic mass is 79.9. The van der Waals surface area contributed by atoms with E-state index in [2.05, 4.69) is 170 Å². The molecular weight excluding hydrogens is 2100 g/mol. The maximum Gasteiger partial charge on any atom is 0.319 e. The van der Waals surface area contributed by atoms with Crippen LogP contribution in [0.5, 0.6) is 0 Å². The van der Waals surface area contributed by atoms with Gasteiger partial charge in [0.1, 0.15) is 0 Å². The number of nitrogens with two attached hydrogens (primary N) is 1. The number of ketones is 1. The molecule has 744 valence electrons. The second-order valence-electron chi connectivity index (χ2n) is 36.5. The van der Waals surface area contributed by atoms with E-state index in [1.807, 2.05) is 172 Å². The van der Waals surface area contributed by atoms with Gasteiger partial charge in [-0.25, -0.2) is 0 Å². The first-order valence-electron chi connectivity index (χ1n) is 45.6. The first kappa shape index (κ1) is 117. The highest BCUT2D eigenvalue weighted by Gasteiger charge is 2.39. The first-order valence-corrected chi connectivity index (χ1v) is 49.6. The number of nitrogens with zero attached hydrogens (tertiary/aromatic N) is 6. The van der Waals surface area contributed by atoms with Crippen molar-refractivity contribution in [2.45, 2.75) is 226 Å². The molecule has 0 bridgehead atoms. The largest absolute Gasteiger partial charge is 0.481 e. The van der Waals surface area contributed by atoms with E-state index in [1.54, 1.807) is 107 Å². The van der Waals surface area contributed by atoms with Crippen LogP contribution in [0.15, 0.2) is 193 Å². The molecule has 9 heterocycles. The SMILES string of the molecule is CC1(C)CCC(=O)OC1=O.CCOC(=O)C(C)(C)Cc1c(-c2cccnc2[C@H](C)CC)n(CC)c2ccc(Br)cc12.CCOC(=O)C(C)(C)Cc1c(-c2cccnc2[C@H](C)OC)[nH]c2ccc(Br)cc12.CO[C@@H](C)c1ncccc1-c1[nH]c2ccc(Br)cc2c1CC(C)(C)C(=O)O.CO[C@@H](C)c1ncccc1Br.CO[C@@H](C)c1ncccc1C(=O)CCC(C)(C)C(=O)O.Cl.NCc1ccc(Br)cc1. The number of aromatic amines is 2. The average molecular weight is 2240 g/mol. The molecule has 5 atom stereocenters. The summed E-state index contributed by atoms with van der Waals surface area (Å²) >= 11 is 17.5. The number of ether oxygens (including phenoxy) is 7. The molecule has 0 unspecified atom stereocenters. The number of esters is 4. The van der Waals surface area contributed by atoms with E-state index in [0.29, 0.717) is 69.0 Å². The molecule has 1 saturated heterocycles. The molecule has 0 saturated carbocycles. The van der Waals surface area contributed by atoms with Crippen molar-refractivity contribution in [3.8, 4) is 33.8 Å². The van der Waals surface area contributed by atoms with Crippen molar-refractivity contribution in [3.63, 3.8) is 0 Å². The van der Waals surface area contributed by atoms with Crippen LogP contribution < -0.4 is 5.73 Å². The Morgan fingerprint density at radius 2 is 0.899 bits per heavy atom. The molecule has 0 spiro atoms. The van der Waals surface area contributed by atoms with Gasteiger partial charge in [-0.05, 0) is 328 Å². The lowest BCUT2D eigenvalue weighted by atomic mass is 9.83. The van der Waals surface area contributed by atoms with Gasteiger partial charge in [0, 0.05) is 163 Å². The number of carbonyl (C=O) groups is 7. The molecule has 0 radical (unpaired) electrons. The van der Waals surface area contributed by atoms with Gasteiger partial charge in [-0.15, -0.1) is 12.4 Å². The first-order chi connectivity index (χ1) is 64.7. The molecule has 0 aliphatic carbocycles. The van der Waals surface area contributed by atoms with Gasteiger partial charge in [0.05, 0.1) is 110 Å². The summed E-state index contributed by atoms with van der Waals surface area (Å²) in [6.07, 6.45) is 12.2. The van der Waals surface area contributed by atoms with Gasteiger partial charge < -0.3 is 63.6 Å². The van der Waals surface area contributed by atoms with E-state index in [-0.39, 0.29) is 67.4 Å². The lowest BCUT2D eigenvalue weighted by Gasteiger charge is -2.25. The quantitative estimate of drug-likeness (QED) is 0.0117. The molecule has 4 aromatic carbocycles. The Kier molecular flexibility index (Phi) is 45.7. The summed E-state index contributed by atoms with van der Waals surface area (Å²) in [4.78, 5) is 111. The van der Waals surface area contributed by atoms with Crippen LogP contribution in [-0.2, 0) is 94.3 Å². The molecule has 1 aliphatic rings. The number of cyclic esters (lactones) is 2. The number of methoxy groups -OCH3 is 4. The number of H-pyrrole nitrogens is 2. The normalized spacial score (nSPS) is 13.5. The molecule has 1 fully saturated rings. The van der Waals surface area contributed by atoms with E-state index >= 15 is 0 Å². The van der Waals surface area contributed by atoms with E-state index in [1.165, 1.54) is 22.0 Å². The Bertz CT molecular complexity index is 6110. The molecule has 25 nitrogen and oxygen atoms in total. The van der Waals surface area contributed by atoms with Crippen LogP contribution in [0.2, 0.25) is 0 Å². The third kappa shape index (κ3) is 31.5. The Morgan fingerprint density at radius 1 is 0.500 bits per heavy atom. The predicted octanol–water partition coefficient (Wildman–Crippen LogP) is 26.9. The monoisotopic (exact) mass is 2230 g/mol. The maximum absolute atomic E-state index is 12.8. The number of Topliss-reactive ketones (excluding diaryl/α,β-unsaturated/α-hetero) is 1. The molecule has 8 aromatic heterocycles. The highest BCUT2D eigenvalue weighted by Crippen LogP contribution is 2.45. The van der Waals surface area contributed by atoms with E-state index in [4.69, 9.17) is 44.2 Å². The van der Waals surface area contributed by atoms with Crippen molar-refractivity contribution in [2.75, 3.05) is 41.7 Å². The van der Waals surface area contributed by atoms with Crippen LogP contribution in [-0.4, -0.2) is 133 Å². The van der Waals surface area contributed by atoms with E-state index < -0.39 is 51.0 Å². The zero-order chi connectivity index (χ0) is 102. The number of aliphatic carboxylic acids is 2. The number of aryl methyl sites for hydroxylation is 1. The predicted molar refractivity (Wildman–Crippen MR) is 565 cm³/mol. The Balaban J connectivity index is 0.000000257. The number of aromatic nitrogens is 8. The van der Waals surface area contributed by atoms with Crippen molar-refractivity contribution in [1.82, 2.24) is 39.5 Å². The second kappa shape index (κ2) is 53.9. The summed E-state index contributed by atoms with van der Waals surface area (Å²) in [6.45, 7) is 38.3. The number of carbonyl (C=O) groups excluding carboxylic acids is 5. The van der Waals surface area contributed by atoms with Crippen LogP contribution in [0.25, 0.3) is 66.5 Å². The maximum atomic E-state index is 12.8.